The predicted molar refractivity (Wildman–Crippen MR) is 85.6 cm³/mol. The first kappa shape index (κ1) is 13.4. The van der Waals surface area contributed by atoms with Crippen LogP contribution < -0.4 is 5.32 Å². The van der Waals surface area contributed by atoms with Crippen LogP contribution in [-0.4, -0.2) is 38.4 Å². The van der Waals surface area contributed by atoms with E-state index in [-0.39, 0.29) is 0 Å². The van der Waals surface area contributed by atoms with Crippen LogP contribution in [-0.2, 0) is 0 Å². The van der Waals surface area contributed by atoms with E-state index in [0.29, 0.717) is 0 Å². The van der Waals surface area contributed by atoms with Gasteiger partial charge in [0.2, 0.25) is 0 Å². The van der Waals surface area contributed by atoms with E-state index in [1.807, 2.05) is 35.3 Å². The molecule has 7 heteroatoms. The molecule has 0 spiro atoms. The highest BCUT2D eigenvalue weighted by atomic mass is 32.2. The molecule has 0 saturated heterocycles. The molecule has 3 aromatic heterocycles. The molecule has 3 heterocycles. The third-order valence-electron chi connectivity index (χ3n) is 2.87. The maximum Gasteiger partial charge on any atom is 0.186 e. The van der Waals surface area contributed by atoms with Crippen molar-refractivity contribution >= 4 is 34.6 Å². The number of rotatable bonds is 6. The Morgan fingerprint density at radius 1 is 1.30 bits per heavy atom. The zero-order valence-electron chi connectivity index (χ0n) is 11.1. The van der Waals surface area contributed by atoms with Crippen LogP contribution in [0.5, 0.6) is 0 Å². The van der Waals surface area contributed by atoms with Crippen LogP contribution in [0.2, 0.25) is 0 Å². The second-order valence-electron chi connectivity index (χ2n) is 4.30. The summed E-state index contributed by atoms with van der Waals surface area (Å²) in [6.07, 6.45) is 3.25. The van der Waals surface area contributed by atoms with Gasteiger partial charge in [-0.25, -0.2) is 0 Å². The van der Waals surface area contributed by atoms with Crippen molar-refractivity contribution in [3.05, 3.63) is 29.0 Å². The van der Waals surface area contributed by atoms with Gasteiger partial charge in [0.1, 0.15) is 5.82 Å². The molecule has 0 radical (unpaired) electrons. The summed E-state index contributed by atoms with van der Waals surface area (Å²) in [4.78, 5) is 0. The van der Waals surface area contributed by atoms with E-state index < -0.39 is 0 Å². The van der Waals surface area contributed by atoms with Crippen LogP contribution in [0.1, 0.15) is 6.42 Å². The van der Waals surface area contributed by atoms with Crippen molar-refractivity contribution in [3.8, 4) is 11.4 Å². The highest BCUT2D eigenvalue weighted by Crippen LogP contribution is 2.20. The molecule has 0 amide bonds. The summed E-state index contributed by atoms with van der Waals surface area (Å²) >= 11 is 3.50. The molecule has 0 unspecified atom stereocenters. The minimum Gasteiger partial charge on any atom is -0.369 e. The van der Waals surface area contributed by atoms with Gasteiger partial charge in [0, 0.05) is 17.5 Å². The predicted octanol–water partition coefficient (Wildman–Crippen LogP) is 3.02. The van der Waals surface area contributed by atoms with E-state index >= 15 is 0 Å². The lowest BCUT2D eigenvalue weighted by molar-refractivity contribution is 0.910. The van der Waals surface area contributed by atoms with E-state index in [4.69, 9.17) is 0 Å². The molecule has 0 aliphatic heterocycles. The average molecular weight is 305 g/mol. The lowest BCUT2D eigenvalue weighted by Gasteiger charge is -2.05. The molecular formula is C13H15N5S2. The molecule has 1 N–H and O–H groups in total. The third kappa shape index (κ3) is 2.78. The largest absolute Gasteiger partial charge is 0.369 e. The molecule has 0 aliphatic rings. The fourth-order valence-corrected chi connectivity index (χ4v) is 2.96. The molecule has 3 aromatic rings. The summed E-state index contributed by atoms with van der Waals surface area (Å²) < 4.78 is 1.79. The lowest BCUT2D eigenvalue weighted by atomic mass is 10.3. The number of nitrogens with zero attached hydrogens (tertiary/aromatic N) is 4. The maximum atomic E-state index is 4.57. The molecule has 20 heavy (non-hydrogen) atoms. The number of hydrogen-bond acceptors (Lipinski definition) is 6. The van der Waals surface area contributed by atoms with Crippen molar-refractivity contribution in [1.29, 1.82) is 0 Å². The van der Waals surface area contributed by atoms with Crippen molar-refractivity contribution < 1.29 is 0 Å². The highest BCUT2D eigenvalue weighted by molar-refractivity contribution is 7.98. The van der Waals surface area contributed by atoms with Crippen LogP contribution >= 0.6 is 23.1 Å². The normalized spacial score (nSPS) is 11.1. The van der Waals surface area contributed by atoms with Crippen molar-refractivity contribution in [1.82, 2.24) is 19.8 Å². The number of anilines is 1. The van der Waals surface area contributed by atoms with Gasteiger partial charge in [0.15, 0.2) is 11.5 Å². The number of thiophene rings is 1. The summed E-state index contributed by atoms with van der Waals surface area (Å²) in [5, 5.41) is 20.3. The standard InChI is InChI=1S/C13H15N5S2/c1-19-7-2-6-14-11-3-4-12-15-16-13(18(12)17-11)10-5-8-20-9-10/h3-5,8-9H,2,6-7H2,1H3,(H,14,17). The highest BCUT2D eigenvalue weighted by Gasteiger charge is 2.09. The molecule has 3 rings (SSSR count). The van der Waals surface area contributed by atoms with Crippen LogP contribution in [0.4, 0.5) is 5.82 Å². The van der Waals surface area contributed by atoms with E-state index in [9.17, 15) is 0 Å². The number of hydrogen-bond donors (Lipinski definition) is 1. The van der Waals surface area contributed by atoms with E-state index in [1.165, 1.54) is 0 Å². The third-order valence-corrected chi connectivity index (χ3v) is 4.25. The Kier molecular flexibility index (Phi) is 4.17. The maximum absolute atomic E-state index is 4.57. The number of fused-ring (bicyclic) bond motifs is 1. The van der Waals surface area contributed by atoms with Crippen LogP contribution in [0, 0.1) is 0 Å². The SMILES string of the molecule is CSCCCNc1ccc2nnc(-c3ccsc3)n2n1. The van der Waals surface area contributed by atoms with Crippen LogP contribution in [0.3, 0.4) is 0 Å². The smallest absolute Gasteiger partial charge is 0.186 e. The Labute approximate surface area is 125 Å². The Morgan fingerprint density at radius 2 is 2.25 bits per heavy atom. The van der Waals surface area contributed by atoms with Gasteiger partial charge in [-0.1, -0.05) is 0 Å². The van der Waals surface area contributed by atoms with Gasteiger partial charge in [0.05, 0.1) is 0 Å². The molecule has 0 bridgehead atoms. The first-order valence-corrected chi connectivity index (χ1v) is 8.70. The van der Waals surface area contributed by atoms with Gasteiger partial charge >= 0.3 is 0 Å². The number of aromatic nitrogens is 4. The van der Waals surface area contributed by atoms with E-state index in [2.05, 4.69) is 32.2 Å². The van der Waals surface area contributed by atoms with Gasteiger partial charge < -0.3 is 5.32 Å². The second-order valence-corrected chi connectivity index (χ2v) is 6.06. The molecular weight excluding hydrogens is 290 g/mol. The zero-order chi connectivity index (χ0) is 13.8. The summed E-state index contributed by atoms with van der Waals surface area (Å²) in [6.45, 7) is 0.926. The summed E-state index contributed by atoms with van der Waals surface area (Å²) in [6, 6.07) is 5.91. The van der Waals surface area contributed by atoms with Crippen molar-refractivity contribution in [2.75, 3.05) is 23.9 Å². The fraction of sp³-hybridized carbons (Fsp3) is 0.308. The molecule has 0 aliphatic carbocycles. The quantitative estimate of drug-likeness (QED) is 0.709. The minimum absolute atomic E-state index is 0.765. The topological polar surface area (TPSA) is 55.1 Å². The van der Waals surface area contributed by atoms with Crippen LogP contribution in [0.25, 0.3) is 17.0 Å². The lowest BCUT2D eigenvalue weighted by Crippen LogP contribution is -2.06. The van der Waals surface area contributed by atoms with Gasteiger partial charge in [0.25, 0.3) is 0 Å². The summed E-state index contributed by atoms with van der Waals surface area (Å²) in [7, 11) is 0. The van der Waals surface area contributed by atoms with Gasteiger partial charge in [-0.3, -0.25) is 0 Å². The molecule has 0 atom stereocenters. The van der Waals surface area contributed by atoms with Crippen molar-refractivity contribution in [2.45, 2.75) is 6.42 Å². The number of nitrogens with one attached hydrogen (secondary N) is 1. The van der Waals surface area contributed by atoms with E-state index in [1.54, 1.807) is 15.9 Å². The summed E-state index contributed by atoms with van der Waals surface area (Å²) in [5.41, 5.74) is 1.82. The molecule has 0 aromatic carbocycles. The minimum atomic E-state index is 0.765. The van der Waals surface area contributed by atoms with Crippen LogP contribution in [0.15, 0.2) is 29.0 Å². The van der Waals surface area contributed by atoms with Gasteiger partial charge in [-0.2, -0.15) is 27.6 Å². The van der Waals surface area contributed by atoms with Gasteiger partial charge in [-0.05, 0) is 42.0 Å². The molecule has 104 valence electrons. The first-order valence-electron chi connectivity index (χ1n) is 6.36. The Morgan fingerprint density at radius 3 is 3.05 bits per heavy atom. The van der Waals surface area contributed by atoms with Crippen molar-refractivity contribution in [2.24, 2.45) is 0 Å². The average Bonchev–Trinajstić information content (AvgIpc) is 3.11. The van der Waals surface area contributed by atoms with E-state index in [0.717, 1.165) is 41.6 Å². The summed E-state index contributed by atoms with van der Waals surface area (Å²) in [5.74, 6) is 2.80. The number of thioether (sulfide) groups is 1. The molecule has 0 saturated carbocycles. The fourth-order valence-electron chi connectivity index (χ4n) is 1.89. The monoisotopic (exact) mass is 305 g/mol. The molecule has 5 nitrogen and oxygen atoms in total. The zero-order valence-corrected chi connectivity index (χ0v) is 12.7. The first-order chi connectivity index (χ1) is 9.88. The second kappa shape index (κ2) is 6.23. The molecule has 0 fully saturated rings. The Hall–Kier alpha value is -1.60. The Balaban J connectivity index is 1.84. The van der Waals surface area contributed by atoms with Gasteiger partial charge in [-0.15, -0.1) is 15.3 Å². The Bertz CT molecular complexity index is 677. The van der Waals surface area contributed by atoms with Crippen molar-refractivity contribution in [3.63, 3.8) is 0 Å².